The van der Waals surface area contributed by atoms with E-state index in [4.69, 9.17) is 13.1 Å². The van der Waals surface area contributed by atoms with Gasteiger partial charge in [-0.05, 0) is 49.6 Å². The minimum atomic E-state index is 0.723. The predicted octanol–water partition coefficient (Wildman–Crippen LogP) is 4.92. The Morgan fingerprint density at radius 3 is 2.04 bits per heavy atom. The van der Waals surface area contributed by atoms with Gasteiger partial charge in [-0.1, -0.05) is 65.1 Å². The van der Waals surface area contributed by atoms with Gasteiger partial charge < -0.3 is 0 Å². The molecule has 0 aliphatic heterocycles. The third-order valence-corrected chi connectivity index (χ3v) is 4.26. The predicted molar refractivity (Wildman–Crippen MR) is 110 cm³/mol. The number of nitrogens with zero attached hydrogens (tertiary/aromatic N) is 1. The average molecular weight is 341 g/mol. The Balaban J connectivity index is 0.000000212. The van der Waals surface area contributed by atoms with Gasteiger partial charge in [0.1, 0.15) is 7.85 Å². The van der Waals surface area contributed by atoms with Crippen molar-refractivity contribution in [3.63, 3.8) is 0 Å². The van der Waals surface area contributed by atoms with E-state index in [1.54, 1.807) is 0 Å². The molecule has 2 radical (unpaired) electrons. The molecule has 0 aromatic heterocycles. The van der Waals surface area contributed by atoms with Gasteiger partial charge in [0.25, 0.3) is 0 Å². The zero-order valence-corrected chi connectivity index (χ0v) is 15.6. The summed E-state index contributed by atoms with van der Waals surface area (Å²) < 4.78 is 0. The van der Waals surface area contributed by atoms with Gasteiger partial charge in [-0.15, -0.1) is 12.6 Å². The molecule has 3 aromatic carbocycles. The molecule has 0 fully saturated rings. The van der Waals surface area contributed by atoms with Crippen LogP contribution in [-0.2, 0) is 0 Å². The highest BCUT2D eigenvalue weighted by Crippen LogP contribution is 2.29. The summed E-state index contributed by atoms with van der Waals surface area (Å²) in [5, 5.41) is 8.38. The van der Waals surface area contributed by atoms with Gasteiger partial charge >= 0.3 is 0 Å². The molecular formula is C22H20BNS. The maximum Gasteiger partial charge on any atom is 0.113 e. The number of thiol groups is 1. The second-order valence-corrected chi connectivity index (χ2v) is 6.55. The molecule has 0 saturated heterocycles. The topological polar surface area (TPSA) is 23.8 Å². The first-order valence-corrected chi connectivity index (χ1v) is 8.48. The Bertz CT molecular complexity index is 908. The molecule has 0 atom stereocenters. The number of hydrogen-bond donors (Lipinski definition) is 1. The Morgan fingerprint density at radius 1 is 0.800 bits per heavy atom. The number of nitriles is 1. The van der Waals surface area contributed by atoms with Crippen LogP contribution in [-0.4, -0.2) is 7.85 Å². The zero-order valence-electron chi connectivity index (χ0n) is 14.7. The van der Waals surface area contributed by atoms with Crippen molar-refractivity contribution in [2.75, 3.05) is 0 Å². The van der Waals surface area contributed by atoms with E-state index in [-0.39, 0.29) is 0 Å². The molecule has 0 N–H and O–H groups in total. The van der Waals surface area contributed by atoms with Crippen molar-refractivity contribution in [1.29, 1.82) is 5.26 Å². The van der Waals surface area contributed by atoms with Crippen LogP contribution in [0.15, 0.2) is 65.6 Å². The summed E-state index contributed by atoms with van der Waals surface area (Å²) in [4.78, 5) is 0.925. The van der Waals surface area contributed by atoms with E-state index < -0.39 is 0 Å². The van der Waals surface area contributed by atoms with Crippen LogP contribution in [0.5, 0.6) is 0 Å². The molecule has 0 amide bonds. The summed E-state index contributed by atoms with van der Waals surface area (Å²) in [6.07, 6.45) is 0. The van der Waals surface area contributed by atoms with Gasteiger partial charge in [0.05, 0.1) is 11.6 Å². The van der Waals surface area contributed by atoms with Crippen LogP contribution in [0.3, 0.4) is 0 Å². The molecule has 0 bridgehead atoms. The first kappa shape index (κ1) is 18.9. The highest BCUT2D eigenvalue weighted by atomic mass is 32.1. The third-order valence-electron chi connectivity index (χ3n) is 3.89. The normalized spacial score (nSPS) is 9.72. The molecule has 122 valence electrons. The highest BCUT2D eigenvalue weighted by Gasteiger charge is 2.05. The number of hydrogen-bond acceptors (Lipinski definition) is 2. The fourth-order valence-corrected chi connectivity index (χ4v) is 2.77. The molecule has 0 aliphatic rings. The summed E-state index contributed by atoms with van der Waals surface area (Å²) in [5.41, 5.74) is 7.54. The number of aryl methyl sites for hydroxylation is 3. The van der Waals surface area contributed by atoms with Gasteiger partial charge in [0.15, 0.2) is 0 Å². The van der Waals surface area contributed by atoms with Crippen LogP contribution >= 0.6 is 12.6 Å². The molecule has 0 unspecified atom stereocenters. The standard InChI is InChI=1S/C14H13BS.C8H7N/c1-9-3-4-10(2)13(7-9)12-6-5-11(15)8-14(12)16;1-7-2-4-8(6-9)5-3-7/h3-8,16H,1-2H3;2-5H,1H3. The number of benzene rings is 3. The monoisotopic (exact) mass is 341 g/mol. The molecule has 0 spiro atoms. The average Bonchev–Trinajstić information content (AvgIpc) is 2.59. The van der Waals surface area contributed by atoms with Crippen molar-refractivity contribution in [2.45, 2.75) is 25.7 Å². The molecule has 0 saturated carbocycles. The lowest BCUT2D eigenvalue weighted by Crippen LogP contribution is -2.01. The maximum atomic E-state index is 8.38. The molecule has 3 rings (SSSR count). The molecule has 0 heterocycles. The first-order chi connectivity index (χ1) is 11.9. The smallest absolute Gasteiger partial charge is 0.113 e. The van der Waals surface area contributed by atoms with Crippen molar-refractivity contribution in [3.8, 4) is 17.2 Å². The highest BCUT2D eigenvalue weighted by molar-refractivity contribution is 7.80. The maximum absolute atomic E-state index is 8.38. The fraction of sp³-hybridized carbons (Fsp3) is 0.136. The van der Waals surface area contributed by atoms with Crippen LogP contribution in [0.25, 0.3) is 11.1 Å². The lowest BCUT2D eigenvalue weighted by Gasteiger charge is -2.10. The quantitative estimate of drug-likeness (QED) is 0.493. The van der Waals surface area contributed by atoms with Crippen LogP contribution in [0, 0.1) is 32.1 Å². The fourth-order valence-electron chi connectivity index (χ4n) is 2.43. The van der Waals surface area contributed by atoms with Crippen LogP contribution < -0.4 is 5.46 Å². The van der Waals surface area contributed by atoms with Gasteiger partial charge in [0.2, 0.25) is 0 Å². The van der Waals surface area contributed by atoms with Crippen molar-refractivity contribution in [3.05, 3.63) is 82.9 Å². The minimum absolute atomic E-state index is 0.723. The summed E-state index contributed by atoms with van der Waals surface area (Å²) >= 11 is 4.48. The van der Waals surface area contributed by atoms with Crippen LogP contribution in [0.4, 0.5) is 0 Å². The van der Waals surface area contributed by atoms with Crippen molar-refractivity contribution in [2.24, 2.45) is 0 Å². The molecular weight excluding hydrogens is 321 g/mol. The Morgan fingerprint density at radius 2 is 1.44 bits per heavy atom. The Hall–Kier alpha value is -2.44. The molecule has 1 nitrogen and oxygen atoms in total. The Kier molecular flexibility index (Phi) is 6.50. The lowest BCUT2D eigenvalue weighted by molar-refractivity contribution is 1.37. The molecule has 25 heavy (non-hydrogen) atoms. The zero-order chi connectivity index (χ0) is 18.4. The first-order valence-electron chi connectivity index (χ1n) is 8.03. The van der Waals surface area contributed by atoms with Gasteiger partial charge in [-0.3, -0.25) is 0 Å². The second kappa shape index (κ2) is 8.60. The van der Waals surface area contributed by atoms with Gasteiger partial charge in [0, 0.05) is 4.90 Å². The van der Waals surface area contributed by atoms with Crippen molar-refractivity contribution >= 4 is 25.9 Å². The Labute approximate surface area is 157 Å². The number of rotatable bonds is 1. The lowest BCUT2D eigenvalue weighted by atomic mass is 9.92. The van der Waals surface area contributed by atoms with Crippen molar-refractivity contribution in [1.82, 2.24) is 0 Å². The van der Waals surface area contributed by atoms with E-state index in [0.29, 0.717) is 0 Å². The minimum Gasteiger partial charge on any atom is -0.192 e. The van der Waals surface area contributed by atoms with E-state index in [0.717, 1.165) is 21.5 Å². The molecule has 3 heteroatoms. The largest absolute Gasteiger partial charge is 0.192 e. The van der Waals surface area contributed by atoms with Gasteiger partial charge in [-0.25, -0.2) is 0 Å². The van der Waals surface area contributed by atoms with E-state index in [1.165, 1.54) is 22.3 Å². The summed E-state index contributed by atoms with van der Waals surface area (Å²) in [7, 11) is 5.72. The van der Waals surface area contributed by atoms with E-state index in [2.05, 4.69) is 50.7 Å². The SMILES string of the molecule is Cc1ccc(C#N)cc1.[B]c1ccc(-c2cc(C)ccc2C)c(S)c1. The molecule has 0 aliphatic carbocycles. The van der Waals surface area contributed by atoms with Crippen LogP contribution in [0.2, 0.25) is 0 Å². The van der Waals surface area contributed by atoms with Crippen LogP contribution in [0.1, 0.15) is 22.3 Å². The summed E-state index contributed by atoms with van der Waals surface area (Å²) in [5.74, 6) is 0. The summed E-state index contributed by atoms with van der Waals surface area (Å²) in [6, 6.07) is 21.8. The van der Waals surface area contributed by atoms with E-state index >= 15 is 0 Å². The molecule has 3 aromatic rings. The van der Waals surface area contributed by atoms with Gasteiger partial charge in [-0.2, -0.15) is 5.26 Å². The van der Waals surface area contributed by atoms with E-state index in [1.807, 2.05) is 49.4 Å². The third kappa shape index (κ3) is 5.27. The van der Waals surface area contributed by atoms with Crippen molar-refractivity contribution < 1.29 is 0 Å². The second-order valence-electron chi connectivity index (χ2n) is 6.07. The van der Waals surface area contributed by atoms with E-state index in [9.17, 15) is 0 Å². The summed E-state index contributed by atoms with van der Waals surface area (Å²) in [6.45, 7) is 6.21.